The molecule has 3 rings (SSSR count). The first-order valence-electron chi connectivity index (χ1n) is 13.1. The summed E-state index contributed by atoms with van der Waals surface area (Å²) < 4.78 is 32.8. The minimum atomic E-state index is -3.91. The molecule has 0 aliphatic rings. The van der Waals surface area contributed by atoms with Gasteiger partial charge in [-0.3, -0.25) is 13.9 Å². The number of nitrogens with one attached hydrogen (secondary N) is 1. The van der Waals surface area contributed by atoms with E-state index in [1.54, 1.807) is 0 Å². The smallest absolute Gasteiger partial charge is 0.244 e. The Morgan fingerprint density at radius 2 is 1.68 bits per heavy atom. The Morgan fingerprint density at radius 3 is 2.27 bits per heavy atom. The lowest BCUT2D eigenvalue weighted by atomic mass is 10.0. The fraction of sp³-hybridized carbons (Fsp3) is 0.333. The van der Waals surface area contributed by atoms with Gasteiger partial charge in [0.1, 0.15) is 18.3 Å². The Labute approximate surface area is 255 Å². The van der Waals surface area contributed by atoms with Crippen LogP contribution < -0.4 is 14.4 Å². The van der Waals surface area contributed by atoms with Crippen molar-refractivity contribution >= 4 is 55.1 Å². The molecule has 0 saturated heterocycles. The fourth-order valence-electron chi connectivity index (χ4n) is 4.23. The average molecular weight is 665 g/mol. The summed E-state index contributed by atoms with van der Waals surface area (Å²) in [6.07, 6.45) is 1.27. The van der Waals surface area contributed by atoms with Gasteiger partial charge >= 0.3 is 0 Å². The van der Waals surface area contributed by atoms with Gasteiger partial charge in [-0.15, -0.1) is 0 Å². The third-order valence-electron chi connectivity index (χ3n) is 6.30. The van der Waals surface area contributed by atoms with E-state index in [9.17, 15) is 18.0 Å². The Balaban J connectivity index is 2.06. The molecule has 0 radical (unpaired) electrons. The Hall–Kier alpha value is -3.08. The highest BCUT2D eigenvalue weighted by Crippen LogP contribution is 2.30. The van der Waals surface area contributed by atoms with Crippen LogP contribution in [0.2, 0.25) is 5.02 Å². The highest BCUT2D eigenvalue weighted by Gasteiger charge is 2.33. The van der Waals surface area contributed by atoms with E-state index >= 15 is 0 Å². The van der Waals surface area contributed by atoms with E-state index in [1.165, 1.54) is 30.2 Å². The van der Waals surface area contributed by atoms with Crippen LogP contribution in [0, 0.1) is 5.92 Å². The SMILES string of the molecule is COc1ccc(N(CC(=O)N(Cc2cccc(Br)c2)[C@H](Cc2ccccc2)C(=O)NCC(C)C)S(C)(=O)=O)cc1Cl. The number of hydrogen-bond donors (Lipinski definition) is 1. The zero-order valence-corrected chi connectivity index (χ0v) is 26.7. The van der Waals surface area contributed by atoms with E-state index < -0.39 is 28.5 Å². The van der Waals surface area contributed by atoms with Crippen LogP contribution in [0.25, 0.3) is 0 Å². The van der Waals surface area contributed by atoms with Crippen LogP contribution in [0.4, 0.5) is 5.69 Å². The number of rotatable bonds is 13. The van der Waals surface area contributed by atoms with Crippen molar-refractivity contribution in [1.29, 1.82) is 0 Å². The van der Waals surface area contributed by atoms with Crippen molar-refractivity contribution in [2.75, 3.05) is 30.8 Å². The molecule has 0 heterocycles. The summed E-state index contributed by atoms with van der Waals surface area (Å²) in [5.74, 6) is -0.283. The van der Waals surface area contributed by atoms with Gasteiger partial charge in [-0.1, -0.05) is 83.8 Å². The van der Waals surface area contributed by atoms with Crippen molar-refractivity contribution in [1.82, 2.24) is 10.2 Å². The van der Waals surface area contributed by atoms with Gasteiger partial charge in [-0.2, -0.15) is 0 Å². The number of carbonyl (C=O) groups is 2. The number of nitrogens with zero attached hydrogens (tertiary/aromatic N) is 2. The van der Waals surface area contributed by atoms with Gasteiger partial charge < -0.3 is 15.0 Å². The van der Waals surface area contributed by atoms with E-state index in [-0.39, 0.29) is 35.5 Å². The van der Waals surface area contributed by atoms with Crippen molar-refractivity contribution in [3.05, 3.63) is 93.4 Å². The Bertz CT molecular complexity index is 1450. The molecule has 0 unspecified atom stereocenters. The van der Waals surface area contributed by atoms with E-state index in [0.717, 1.165) is 26.2 Å². The van der Waals surface area contributed by atoms with Gasteiger partial charge in [0, 0.05) is 24.0 Å². The normalized spacial score (nSPS) is 12.1. The number of ether oxygens (including phenoxy) is 1. The summed E-state index contributed by atoms with van der Waals surface area (Å²) in [5, 5.41) is 3.17. The van der Waals surface area contributed by atoms with Crippen LogP contribution in [-0.2, 0) is 32.6 Å². The van der Waals surface area contributed by atoms with Crippen LogP contribution in [-0.4, -0.2) is 57.6 Å². The van der Waals surface area contributed by atoms with E-state index in [1.807, 2.05) is 68.4 Å². The maximum absolute atomic E-state index is 14.1. The number of sulfonamides is 1. The molecule has 3 aromatic rings. The average Bonchev–Trinajstić information content (AvgIpc) is 2.92. The lowest BCUT2D eigenvalue weighted by Gasteiger charge is -2.33. The molecule has 0 saturated carbocycles. The third kappa shape index (κ3) is 9.48. The fourth-order valence-corrected chi connectivity index (χ4v) is 5.77. The summed E-state index contributed by atoms with van der Waals surface area (Å²) in [5.41, 5.74) is 1.85. The van der Waals surface area contributed by atoms with Crippen LogP contribution in [0.5, 0.6) is 5.75 Å². The quantitative estimate of drug-likeness (QED) is 0.268. The molecule has 2 amide bonds. The molecule has 41 heavy (non-hydrogen) atoms. The summed E-state index contributed by atoms with van der Waals surface area (Å²) in [4.78, 5) is 29.2. The summed E-state index contributed by atoms with van der Waals surface area (Å²) >= 11 is 9.76. The Morgan fingerprint density at radius 1 is 1.00 bits per heavy atom. The zero-order valence-electron chi connectivity index (χ0n) is 23.5. The molecule has 220 valence electrons. The molecular weight excluding hydrogens is 630 g/mol. The molecule has 3 aromatic carbocycles. The number of benzene rings is 3. The van der Waals surface area contributed by atoms with Crippen LogP contribution in [0.1, 0.15) is 25.0 Å². The van der Waals surface area contributed by atoms with Crippen molar-refractivity contribution < 1.29 is 22.7 Å². The number of methoxy groups -OCH3 is 1. The van der Waals surface area contributed by atoms with E-state index in [0.29, 0.717) is 12.3 Å². The molecule has 0 spiro atoms. The van der Waals surface area contributed by atoms with Gasteiger partial charge in [0.2, 0.25) is 21.8 Å². The molecule has 0 aliphatic carbocycles. The highest BCUT2D eigenvalue weighted by atomic mass is 79.9. The molecule has 0 bridgehead atoms. The predicted octanol–water partition coefficient (Wildman–Crippen LogP) is 5.29. The van der Waals surface area contributed by atoms with E-state index in [2.05, 4.69) is 21.2 Å². The molecule has 0 aromatic heterocycles. The van der Waals surface area contributed by atoms with Crippen LogP contribution in [0.3, 0.4) is 0 Å². The first-order chi connectivity index (χ1) is 19.4. The lowest BCUT2D eigenvalue weighted by molar-refractivity contribution is -0.140. The molecule has 1 N–H and O–H groups in total. The second-order valence-electron chi connectivity index (χ2n) is 10.1. The molecule has 0 aliphatic heterocycles. The summed E-state index contributed by atoms with van der Waals surface area (Å²) in [6, 6.07) is 20.4. The predicted molar refractivity (Wildman–Crippen MR) is 167 cm³/mol. The second-order valence-corrected chi connectivity index (χ2v) is 13.3. The maximum atomic E-state index is 14.1. The molecule has 1 atom stereocenters. The monoisotopic (exact) mass is 663 g/mol. The topological polar surface area (TPSA) is 96.0 Å². The molecular formula is C30H35BrClN3O5S. The molecule has 8 nitrogen and oxygen atoms in total. The van der Waals surface area contributed by atoms with Gasteiger partial charge in [0.05, 0.1) is 24.1 Å². The van der Waals surface area contributed by atoms with E-state index in [4.69, 9.17) is 16.3 Å². The van der Waals surface area contributed by atoms with Crippen LogP contribution >= 0.6 is 27.5 Å². The standard InChI is InChI=1S/C30H35BrClN3O5S/c1-21(2)18-33-30(37)27(16-22-9-6-5-7-10-22)34(19-23-11-8-12-24(31)15-23)29(36)20-35(41(4,38)39)25-13-14-28(40-3)26(32)17-25/h5-15,17,21,27H,16,18-20H2,1-4H3,(H,33,37)/t27-/m1/s1. The minimum Gasteiger partial charge on any atom is -0.495 e. The van der Waals surface area contributed by atoms with Gasteiger partial charge in [0.25, 0.3) is 0 Å². The van der Waals surface area contributed by atoms with Crippen molar-refractivity contribution in [3.63, 3.8) is 0 Å². The molecule has 11 heteroatoms. The number of amides is 2. The number of hydrogen-bond acceptors (Lipinski definition) is 5. The first-order valence-corrected chi connectivity index (χ1v) is 16.1. The summed E-state index contributed by atoms with van der Waals surface area (Å²) in [6.45, 7) is 3.97. The van der Waals surface area contributed by atoms with Crippen molar-refractivity contribution in [2.24, 2.45) is 5.92 Å². The zero-order chi connectivity index (χ0) is 30.2. The Kier molecular flexibility index (Phi) is 11.6. The number of halogens is 2. The number of anilines is 1. The lowest BCUT2D eigenvalue weighted by Crippen LogP contribution is -2.53. The van der Waals surface area contributed by atoms with Crippen LogP contribution in [0.15, 0.2) is 77.3 Å². The van der Waals surface area contributed by atoms with Gasteiger partial charge in [-0.05, 0) is 47.4 Å². The summed E-state index contributed by atoms with van der Waals surface area (Å²) in [7, 11) is -2.46. The highest BCUT2D eigenvalue weighted by molar-refractivity contribution is 9.10. The van der Waals surface area contributed by atoms with Crippen molar-refractivity contribution in [3.8, 4) is 5.75 Å². The number of carbonyl (C=O) groups excluding carboxylic acids is 2. The second kappa shape index (κ2) is 14.7. The maximum Gasteiger partial charge on any atom is 0.244 e. The van der Waals surface area contributed by atoms with Gasteiger partial charge in [-0.25, -0.2) is 8.42 Å². The third-order valence-corrected chi connectivity index (χ3v) is 8.23. The molecule has 0 fully saturated rings. The first kappa shape index (κ1) is 32.4. The minimum absolute atomic E-state index is 0.0891. The van der Waals surface area contributed by atoms with Crippen molar-refractivity contribution in [2.45, 2.75) is 32.9 Å². The van der Waals surface area contributed by atoms with Gasteiger partial charge in [0.15, 0.2) is 0 Å². The largest absolute Gasteiger partial charge is 0.495 e.